The van der Waals surface area contributed by atoms with Crippen molar-refractivity contribution in [3.8, 4) is 5.75 Å². The number of carbonyl (C=O) groups is 4. The lowest BCUT2D eigenvalue weighted by Gasteiger charge is -2.22. The van der Waals surface area contributed by atoms with Crippen LogP contribution in [0, 0.1) is 5.92 Å². The van der Waals surface area contributed by atoms with Gasteiger partial charge in [0.05, 0.1) is 13.2 Å². The second-order valence-corrected chi connectivity index (χ2v) is 9.76. The van der Waals surface area contributed by atoms with Gasteiger partial charge in [-0.1, -0.05) is 56.3 Å². The molecule has 0 saturated heterocycles. The van der Waals surface area contributed by atoms with E-state index in [0.29, 0.717) is 6.42 Å². The molecular weight excluding hydrogens is 504 g/mol. The molecule has 0 heterocycles. The van der Waals surface area contributed by atoms with Crippen LogP contribution in [0.2, 0.25) is 0 Å². The monoisotopic (exact) mass is 542 g/mol. The number of carboxylic acids is 1. The van der Waals surface area contributed by atoms with E-state index in [2.05, 4.69) is 16.0 Å². The lowest BCUT2D eigenvalue weighted by atomic mass is 10.0. The van der Waals surface area contributed by atoms with Gasteiger partial charge >= 0.3 is 5.97 Å². The Morgan fingerprint density at radius 1 is 0.872 bits per heavy atom. The van der Waals surface area contributed by atoms with Crippen LogP contribution in [0.15, 0.2) is 54.6 Å². The molecule has 3 atom stereocenters. The van der Waals surface area contributed by atoms with E-state index < -0.39 is 42.3 Å². The van der Waals surface area contributed by atoms with Gasteiger partial charge in [-0.05, 0) is 42.0 Å². The predicted molar refractivity (Wildman–Crippen MR) is 145 cm³/mol. The molecule has 0 aliphatic rings. The van der Waals surface area contributed by atoms with Gasteiger partial charge in [-0.3, -0.25) is 14.4 Å². The molecule has 212 valence electrons. The molecule has 0 radical (unpaired) electrons. The summed E-state index contributed by atoms with van der Waals surface area (Å²) in [7, 11) is 0. The highest BCUT2D eigenvalue weighted by molar-refractivity contribution is 5.92. The Balaban J connectivity index is 1.84. The molecule has 0 aliphatic carbocycles. The molecule has 0 aliphatic heterocycles. The lowest BCUT2D eigenvalue weighted by Crippen LogP contribution is -2.54. The van der Waals surface area contributed by atoms with Gasteiger partial charge < -0.3 is 36.6 Å². The minimum Gasteiger partial charge on any atom is -0.508 e. The number of carbonyl (C=O) groups excluding carboxylic acids is 3. The zero-order valence-electron chi connectivity index (χ0n) is 22.3. The first-order chi connectivity index (χ1) is 18.5. The highest BCUT2D eigenvalue weighted by atomic mass is 16.5. The normalized spacial score (nSPS) is 13.2. The van der Waals surface area contributed by atoms with Gasteiger partial charge in [0.2, 0.25) is 17.7 Å². The van der Waals surface area contributed by atoms with Crippen molar-refractivity contribution in [1.29, 1.82) is 0 Å². The van der Waals surface area contributed by atoms with Crippen LogP contribution in [0.1, 0.15) is 31.4 Å². The van der Waals surface area contributed by atoms with E-state index in [1.54, 1.807) is 48.5 Å². The average Bonchev–Trinajstić information content (AvgIpc) is 2.88. The summed E-state index contributed by atoms with van der Waals surface area (Å²) in [5.74, 6) is -2.73. The number of carboxylic acid groups (broad SMARTS) is 1. The van der Waals surface area contributed by atoms with E-state index in [1.807, 2.05) is 19.9 Å². The van der Waals surface area contributed by atoms with Gasteiger partial charge in [0, 0.05) is 12.5 Å². The van der Waals surface area contributed by atoms with Crippen molar-refractivity contribution in [2.24, 2.45) is 11.7 Å². The third kappa shape index (κ3) is 12.4. The number of amides is 3. The number of aliphatic carboxylic acids is 1. The maximum atomic E-state index is 12.9. The molecule has 3 amide bonds. The largest absolute Gasteiger partial charge is 0.508 e. The maximum absolute atomic E-state index is 12.9. The molecule has 0 spiro atoms. The van der Waals surface area contributed by atoms with Crippen molar-refractivity contribution in [2.45, 2.75) is 51.2 Å². The van der Waals surface area contributed by atoms with Crippen LogP contribution in [0.4, 0.5) is 0 Å². The number of hydrogen-bond donors (Lipinski definition) is 6. The Hall–Kier alpha value is -3.96. The molecule has 0 fully saturated rings. The molecule has 0 saturated carbocycles. The maximum Gasteiger partial charge on any atom is 0.326 e. The molecular formula is C28H38N4O7. The van der Waals surface area contributed by atoms with E-state index in [-0.39, 0.29) is 43.8 Å². The minimum atomic E-state index is -1.16. The predicted octanol–water partition coefficient (Wildman–Crippen LogP) is 0.738. The lowest BCUT2D eigenvalue weighted by molar-refractivity contribution is -0.142. The number of nitrogens with two attached hydrogens (primary N) is 1. The summed E-state index contributed by atoms with van der Waals surface area (Å²) in [6.07, 6.45) is 0.874. The first kappa shape index (κ1) is 31.3. The summed E-state index contributed by atoms with van der Waals surface area (Å²) in [5.41, 5.74) is 7.71. The number of phenols is 1. The van der Waals surface area contributed by atoms with Crippen LogP contribution in [-0.4, -0.2) is 71.8 Å². The summed E-state index contributed by atoms with van der Waals surface area (Å²) < 4.78 is 5.34. The summed E-state index contributed by atoms with van der Waals surface area (Å²) in [6.45, 7) is 3.11. The zero-order valence-corrected chi connectivity index (χ0v) is 22.3. The van der Waals surface area contributed by atoms with Gasteiger partial charge in [0.25, 0.3) is 0 Å². The Kier molecular flexibility index (Phi) is 12.9. The summed E-state index contributed by atoms with van der Waals surface area (Å²) in [4.78, 5) is 49.2. The molecule has 0 aromatic heterocycles. The van der Waals surface area contributed by atoms with Crippen LogP contribution >= 0.6 is 0 Å². The van der Waals surface area contributed by atoms with E-state index in [4.69, 9.17) is 10.5 Å². The molecule has 11 nitrogen and oxygen atoms in total. The van der Waals surface area contributed by atoms with Crippen molar-refractivity contribution < 1.29 is 34.1 Å². The summed E-state index contributed by atoms with van der Waals surface area (Å²) >= 11 is 0. The average molecular weight is 543 g/mol. The van der Waals surface area contributed by atoms with Crippen molar-refractivity contribution in [3.63, 3.8) is 0 Å². The zero-order chi connectivity index (χ0) is 28.8. The third-order valence-corrected chi connectivity index (χ3v) is 5.70. The number of aromatic hydroxyl groups is 1. The van der Waals surface area contributed by atoms with E-state index in [0.717, 1.165) is 11.1 Å². The molecule has 0 unspecified atom stereocenters. The van der Waals surface area contributed by atoms with Gasteiger partial charge in [-0.15, -0.1) is 0 Å². The van der Waals surface area contributed by atoms with E-state index in [1.165, 1.54) is 0 Å². The number of benzene rings is 2. The van der Waals surface area contributed by atoms with E-state index in [9.17, 15) is 29.4 Å². The molecule has 11 heteroatoms. The number of nitrogens with one attached hydrogen (secondary N) is 3. The summed E-state index contributed by atoms with van der Waals surface area (Å²) in [6, 6.07) is 13.1. The van der Waals surface area contributed by atoms with E-state index >= 15 is 0 Å². The standard InChI is InChI=1S/C28H38N4O7/c1-18(2)12-24(28(37)38)32-27(36)23(14-19-6-4-3-5-7-19)31-25(34)15-30-26(35)17-39-16-21(29)13-20-8-10-22(33)11-9-20/h3-11,18,21,23-24,33H,12-17,29H2,1-2H3,(H,30,35)(H,31,34)(H,32,36)(H,37,38)/t21-,23-,24-/m0/s1. The third-order valence-electron chi connectivity index (χ3n) is 5.70. The summed E-state index contributed by atoms with van der Waals surface area (Å²) in [5, 5.41) is 26.4. The highest BCUT2D eigenvalue weighted by Crippen LogP contribution is 2.11. The Labute approximate surface area is 228 Å². The van der Waals surface area contributed by atoms with Crippen LogP contribution in [0.3, 0.4) is 0 Å². The second-order valence-electron chi connectivity index (χ2n) is 9.76. The first-order valence-corrected chi connectivity index (χ1v) is 12.8. The number of phenolic OH excluding ortho intramolecular Hbond substituents is 1. The topological polar surface area (TPSA) is 180 Å². The molecule has 7 N–H and O–H groups in total. The van der Waals surface area contributed by atoms with Crippen molar-refractivity contribution in [1.82, 2.24) is 16.0 Å². The minimum absolute atomic E-state index is 0.0355. The van der Waals surface area contributed by atoms with Gasteiger partial charge in [-0.25, -0.2) is 4.79 Å². The molecule has 2 rings (SSSR count). The Morgan fingerprint density at radius 2 is 1.51 bits per heavy atom. The highest BCUT2D eigenvalue weighted by Gasteiger charge is 2.27. The number of ether oxygens (including phenoxy) is 1. The first-order valence-electron chi connectivity index (χ1n) is 12.8. The van der Waals surface area contributed by atoms with Crippen LogP contribution in [0.25, 0.3) is 0 Å². The van der Waals surface area contributed by atoms with Gasteiger partial charge in [-0.2, -0.15) is 0 Å². The molecule has 39 heavy (non-hydrogen) atoms. The Morgan fingerprint density at radius 3 is 2.13 bits per heavy atom. The second kappa shape index (κ2) is 16.1. The fourth-order valence-corrected chi connectivity index (χ4v) is 3.80. The van der Waals surface area contributed by atoms with Gasteiger partial charge in [0.1, 0.15) is 24.4 Å². The van der Waals surface area contributed by atoms with Crippen LogP contribution < -0.4 is 21.7 Å². The molecule has 0 bridgehead atoms. The van der Waals surface area contributed by atoms with Crippen LogP contribution in [0.5, 0.6) is 5.75 Å². The van der Waals surface area contributed by atoms with Crippen LogP contribution in [-0.2, 0) is 36.8 Å². The smallest absolute Gasteiger partial charge is 0.326 e. The number of rotatable bonds is 16. The SMILES string of the molecule is CC(C)C[C@H](NC(=O)[C@H](Cc1ccccc1)NC(=O)CNC(=O)COC[C@@H](N)Cc1ccc(O)cc1)C(=O)O. The molecule has 2 aromatic carbocycles. The fourth-order valence-electron chi connectivity index (χ4n) is 3.80. The quantitative estimate of drug-likeness (QED) is 0.180. The molecule has 2 aromatic rings. The van der Waals surface area contributed by atoms with Gasteiger partial charge in [0.15, 0.2) is 0 Å². The van der Waals surface area contributed by atoms with Crippen molar-refractivity contribution in [3.05, 3.63) is 65.7 Å². The van der Waals surface area contributed by atoms with Crippen molar-refractivity contribution in [2.75, 3.05) is 19.8 Å². The Bertz CT molecular complexity index is 1080. The fraction of sp³-hybridized carbons (Fsp3) is 0.429. The van der Waals surface area contributed by atoms with Crippen molar-refractivity contribution >= 4 is 23.7 Å². The number of hydrogen-bond acceptors (Lipinski definition) is 7.